The van der Waals surface area contributed by atoms with Gasteiger partial charge >= 0.3 is 6.03 Å². The topological polar surface area (TPSA) is 87.7 Å². The second-order valence-corrected chi connectivity index (χ2v) is 12.2. The molecule has 2 amide bonds. The van der Waals surface area contributed by atoms with E-state index in [1.54, 1.807) is 17.0 Å². The Morgan fingerprint density at radius 2 is 1.97 bits per heavy atom. The maximum atomic E-state index is 14.1. The van der Waals surface area contributed by atoms with Crippen molar-refractivity contribution in [1.29, 1.82) is 0 Å². The number of thiocarbonyl (C=S) groups is 1. The van der Waals surface area contributed by atoms with Gasteiger partial charge in [0.1, 0.15) is 4.99 Å². The number of nitrogens with zero attached hydrogens (tertiary/aromatic N) is 1. The maximum Gasteiger partial charge on any atom is 0.323 e. The molecule has 3 aliphatic rings. The number of rotatable bonds is 12. The molecule has 2 aliphatic carbocycles. The van der Waals surface area contributed by atoms with E-state index in [4.69, 9.17) is 17.0 Å². The Hall–Kier alpha value is -1.78. The first-order valence-electron chi connectivity index (χ1n) is 11.6. The Kier molecular flexibility index (Phi) is 6.72. The monoisotopic (exact) mass is 497 g/mol. The highest BCUT2D eigenvalue weighted by Crippen LogP contribution is 2.47. The number of amides is 2. The minimum atomic E-state index is -3.50. The number of hydrogen-bond donors (Lipinski definition) is 2. The first kappa shape index (κ1) is 24.3. The van der Waals surface area contributed by atoms with E-state index in [9.17, 15) is 17.6 Å². The van der Waals surface area contributed by atoms with Gasteiger partial charge in [-0.3, -0.25) is 5.32 Å². The van der Waals surface area contributed by atoms with Crippen LogP contribution >= 0.6 is 12.2 Å². The van der Waals surface area contributed by atoms with Crippen LogP contribution in [0.15, 0.2) is 18.2 Å². The summed E-state index contributed by atoms with van der Waals surface area (Å²) >= 11 is 5.21. The van der Waals surface area contributed by atoms with Crippen LogP contribution in [0.25, 0.3) is 0 Å². The van der Waals surface area contributed by atoms with Gasteiger partial charge in [0.25, 0.3) is 0 Å². The largest absolute Gasteiger partial charge is 0.490 e. The number of carbonyl (C=O) groups is 1. The molecular formula is C23H32FN3O4S2. The molecule has 1 aliphatic heterocycles. The summed E-state index contributed by atoms with van der Waals surface area (Å²) in [6.07, 6.45) is 5.45. The molecule has 0 atom stereocenters. The van der Waals surface area contributed by atoms with Gasteiger partial charge in [-0.1, -0.05) is 24.7 Å². The minimum Gasteiger partial charge on any atom is -0.490 e. The van der Waals surface area contributed by atoms with E-state index in [2.05, 4.69) is 10.0 Å². The van der Waals surface area contributed by atoms with Gasteiger partial charge < -0.3 is 9.64 Å². The molecule has 0 spiro atoms. The third-order valence-electron chi connectivity index (χ3n) is 6.75. The van der Waals surface area contributed by atoms with Crippen molar-refractivity contribution in [2.24, 2.45) is 5.92 Å². The van der Waals surface area contributed by atoms with Gasteiger partial charge in [-0.15, -0.1) is 0 Å². The number of unbranched alkanes of at least 4 members (excludes halogenated alkanes) is 2. The molecular weight excluding hydrogens is 465 g/mol. The standard InChI is InChI=1S/C23H32FN3O4S2/c1-22(2)20(32)25-21(28)27(22)12-4-3-5-13-33(29,30)26-23(10-11-23)17-8-9-18(24)19(14-17)31-15-16-6-7-16/h8-9,14,16,26H,3-7,10-13,15H2,1-2H3,(H,25,28,32). The van der Waals surface area contributed by atoms with Crippen molar-refractivity contribution in [2.75, 3.05) is 18.9 Å². The number of ether oxygens (including phenoxy) is 1. The Labute approximate surface area is 200 Å². The average Bonchev–Trinajstić information content (AvgIpc) is 3.65. The van der Waals surface area contributed by atoms with Crippen LogP contribution in [-0.4, -0.2) is 48.8 Å². The maximum absolute atomic E-state index is 14.1. The zero-order valence-corrected chi connectivity index (χ0v) is 20.8. The second kappa shape index (κ2) is 9.11. The number of hydrogen-bond acceptors (Lipinski definition) is 5. The van der Waals surface area contributed by atoms with Crippen molar-refractivity contribution >= 4 is 33.3 Å². The Morgan fingerprint density at radius 3 is 2.58 bits per heavy atom. The van der Waals surface area contributed by atoms with Crippen LogP contribution in [0, 0.1) is 11.7 Å². The molecule has 182 valence electrons. The average molecular weight is 498 g/mol. The van der Waals surface area contributed by atoms with Crippen LogP contribution in [-0.2, 0) is 15.6 Å². The molecule has 1 heterocycles. The highest BCUT2D eigenvalue weighted by Gasteiger charge is 2.47. The number of nitrogens with one attached hydrogen (secondary N) is 2. The number of halogens is 1. The van der Waals surface area contributed by atoms with Gasteiger partial charge in [0.05, 0.1) is 23.4 Å². The van der Waals surface area contributed by atoms with Gasteiger partial charge in [0.2, 0.25) is 10.0 Å². The van der Waals surface area contributed by atoms with E-state index in [1.807, 2.05) is 13.8 Å². The highest BCUT2D eigenvalue weighted by molar-refractivity contribution is 7.89. The summed E-state index contributed by atoms with van der Waals surface area (Å²) in [5, 5.41) is 2.67. The molecule has 0 aromatic heterocycles. The normalized spacial score (nSPS) is 21.2. The van der Waals surface area contributed by atoms with Crippen LogP contribution in [0.5, 0.6) is 5.75 Å². The summed E-state index contributed by atoms with van der Waals surface area (Å²) in [7, 11) is -3.50. The molecule has 0 bridgehead atoms. The third-order valence-corrected chi connectivity index (χ3v) is 8.88. The zero-order valence-electron chi connectivity index (χ0n) is 19.2. The molecule has 1 aromatic carbocycles. The van der Waals surface area contributed by atoms with E-state index in [0.29, 0.717) is 56.2 Å². The van der Waals surface area contributed by atoms with E-state index in [-0.39, 0.29) is 17.5 Å². The number of benzene rings is 1. The molecule has 10 heteroatoms. The van der Waals surface area contributed by atoms with Crippen molar-refractivity contribution in [1.82, 2.24) is 14.9 Å². The van der Waals surface area contributed by atoms with Crippen molar-refractivity contribution < 1.29 is 22.3 Å². The molecule has 0 radical (unpaired) electrons. The van der Waals surface area contributed by atoms with Gasteiger partial charge in [0, 0.05) is 6.54 Å². The molecule has 1 aromatic rings. The first-order chi connectivity index (χ1) is 15.5. The fourth-order valence-corrected chi connectivity index (χ4v) is 5.94. The second-order valence-electron chi connectivity index (χ2n) is 9.93. The Morgan fingerprint density at radius 1 is 1.24 bits per heavy atom. The van der Waals surface area contributed by atoms with Crippen LogP contribution < -0.4 is 14.8 Å². The highest BCUT2D eigenvalue weighted by atomic mass is 32.2. The lowest BCUT2D eigenvalue weighted by Crippen LogP contribution is -2.44. The molecule has 2 saturated carbocycles. The lowest BCUT2D eigenvalue weighted by atomic mass is 10.0. The Bertz CT molecular complexity index is 1040. The van der Waals surface area contributed by atoms with Crippen LogP contribution in [0.2, 0.25) is 0 Å². The van der Waals surface area contributed by atoms with Crippen molar-refractivity contribution in [3.05, 3.63) is 29.6 Å². The summed E-state index contributed by atoms with van der Waals surface area (Å²) in [5.74, 6) is 0.283. The summed E-state index contributed by atoms with van der Waals surface area (Å²) in [6, 6.07) is 4.44. The predicted molar refractivity (Wildman–Crippen MR) is 128 cm³/mol. The summed E-state index contributed by atoms with van der Waals surface area (Å²) < 4.78 is 48.1. The van der Waals surface area contributed by atoms with E-state index < -0.39 is 26.9 Å². The van der Waals surface area contributed by atoms with Gasteiger partial charge in [0.15, 0.2) is 11.6 Å². The Balaban J connectivity index is 1.27. The first-order valence-corrected chi connectivity index (χ1v) is 13.7. The van der Waals surface area contributed by atoms with E-state index in [0.717, 1.165) is 18.4 Å². The van der Waals surface area contributed by atoms with Crippen molar-refractivity contribution in [3.8, 4) is 5.75 Å². The fraction of sp³-hybridized carbons (Fsp3) is 0.652. The number of urea groups is 1. The molecule has 3 fully saturated rings. The van der Waals surface area contributed by atoms with Crippen LogP contribution in [0.4, 0.5) is 9.18 Å². The van der Waals surface area contributed by atoms with Crippen LogP contribution in [0.3, 0.4) is 0 Å². The molecule has 33 heavy (non-hydrogen) atoms. The molecule has 1 saturated heterocycles. The molecule has 0 unspecified atom stereocenters. The minimum absolute atomic E-state index is 0.00891. The SMILES string of the molecule is CC1(C)C(=S)NC(=O)N1CCCCCS(=O)(=O)NC1(c2ccc(F)c(OCC3CC3)c2)CC1. The van der Waals surface area contributed by atoms with Crippen molar-refractivity contribution in [3.63, 3.8) is 0 Å². The van der Waals surface area contributed by atoms with Gasteiger partial charge in [-0.2, -0.15) is 0 Å². The van der Waals surface area contributed by atoms with Gasteiger partial charge in [-0.05, 0) is 76.0 Å². The summed E-state index contributed by atoms with van der Waals surface area (Å²) in [5.41, 5.74) is -0.441. The summed E-state index contributed by atoms with van der Waals surface area (Å²) in [4.78, 5) is 14.2. The van der Waals surface area contributed by atoms with E-state index in [1.165, 1.54) is 6.07 Å². The lowest BCUT2D eigenvalue weighted by Gasteiger charge is -2.29. The van der Waals surface area contributed by atoms with Crippen LogP contribution in [0.1, 0.15) is 64.4 Å². The number of carbonyl (C=O) groups excluding carboxylic acids is 1. The van der Waals surface area contributed by atoms with Gasteiger partial charge in [-0.25, -0.2) is 22.3 Å². The number of sulfonamides is 1. The smallest absolute Gasteiger partial charge is 0.323 e. The summed E-state index contributed by atoms with van der Waals surface area (Å²) in [6.45, 7) is 4.82. The van der Waals surface area contributed by atoms with E-state index >= 15 is 0 Å². The zero-order chi connectivity index (χ0) is 23.9. The fourth-order valence-electron chi connectivity index (χ4n) is 4.14. The molecule has 4 rings (SSSR count). The molecule has 2 N–H and O–H groups in total. The third kappa shape index (κ3) is 5.66. The lowest BCUT2D eigenvalue weighted by molar-refractivity contribution is 0.185. The predicted octanol–water partition coefficient (Wildman–Crippen LogP) is 3.82. The van der Waals surface area contributed by atoms with Crippen molar-refractivity contribution in [2.45, 2.75) is 69.9 Å². The molecule has 7 nitrogen and oxygen atoms in total. The quantitative estimate of drug-likeness (QED) is 0.339.